The van der Waals surface area contributed by atoms with E-state index in [1.54, 1.807) is 27.1 Å². The monoisotopic (exact) mass is 354 g/mol. The zero-order valence-electron chi connectivity index (χ0n) is 13.5. The summed E-state index contributed by atoms with van der Waals surface area (Å²) in [6, 6.07) is 5.06. The van der Waals surface area contributed by atoms with Gasteiger partial charge in [-0.3, -0.25) is 9.36 Å². The first-order valence-corrected chi connectivity index (χ1v) is 10.3. The Balaban J connectivity index is 2.01. The second-order valence-electron chi connectivity index (χ2n) is 6.26. The van der Waals surface area contributed by atoms with Gasteiger partial charge in [0.05, 0.1) is 15.1 Å². The molecule has 1 aromatic carbocycles. The molecule has 23 heavy (non-hydrogen) atoms. The van der Waals surface area contributed by atoms with Crippen LogP contribution in [0.15, 0.2) is 27.9 Å². The average molecular weight is 354 g/mol. The van der Waals surface area contributed by atoms with E-state index >= 15 is 0 Å². The van der Waals surface area contributed by atoms with Crippen molar-refractivity contribution in [2.24, 2.45) is 5.92 Å². The second-order valence-corrected chi connectivity index (χ2v) is 9.19. The molecule has 1 aromatic heterocycles. The highest BCUT2D eigenvalue weighted by molar-refractivity contribution is 7.89. The lowest BCUT2D eigenvalue weighted by Crippen LogP contribution is -2.39. The van der Waals surface area contributed by atoms with E-state index in [0.717, 1.165) is 40.8 Å². The topological polar surface area (TPSA) is 59.4 Å². The van der Waals surface area contributed by atoms with E-state index in [4.69, 9.17) is 0 Å². The summed E-state index contributed by atoms with van der Waals surface area (Å²) in [7, 11) is -3.47. The van der Waals surface area contributed by atoms with Gasteiger partial charge in [-0.1, -0.05) is 25.2 Å². The number of nitrogens with zero attached hydrogens (tertiary/aromatic N) is 2. The van der Waals surface area contributed by atoms with E-state index in [-0.39, 0.29) is 4.87 Å². The molecular formula is C16H22N2O3S2. The molecule has 7 heteroatoms. The van der Waals surface area contributed by atoms with Gasteiger partial charge >= 0.3 is 4.87 Å². The number of benzene rings is 1. The molecule has 0 radical (unpaired) electrons. The van der Waals surface area contributed by atoms with Crippen LogP contribution in [0.1, 0.15) is 33.1 Å². The number of aromatic nitrogens is 1. The average Bonchev–Trinajstić information content (AvgIpc) is 2.83. The number of sulfonamides is 1. The fourth-order valence-electron chi connectivity index (χ4n) is 3.16. The number of thiazole rings is 1. The summed E-state index contributed by atoms with van der Waals surface area (Å²) in [6.45, 7) is 5.92. The molecule has 1 atom stereocenters. The molecule has 0 amide bonds. The Labute approximate surface area is 140 Å². The first kappa shape index (κ1) is 16.7. The maximum Gasteiger partial charge on any atom is 0.308 e. The molecule has 0 aliphatic carbocycles. The van der Waals surface area contributed by atoms with Gasteiger partial charge in [-0.2, -0.15) is 4.31 Å². The lowest BCUT2D eigenvalue weighted by atomic mass is 10.0. The molecule has 0 spiro atoms. The first-order chi connectivity index (χ1) is 10.9. The Morgan fingerprint density at radius 3 is 2.83 bits per heavy atom. The van der Waals surface area contributed by atoms with Crippen LogP contribution in [0.4, 0.5) is 0 Å². The highest BCUT2D eigenvalue weighted by atomic mass is 32.2. The molecule has 2 aromatic rings. The number of piperidine rings is 1. The van der Waals surface area contributed by atoms with Crippen LogP contribution in [0, 0.1) is 5.92 Å². The predicted octanol–water partition coefficient (Wildman–Crippen LogP) is 2.89. The lowest BCUT2D eigenvalue weighted by molar-refractivity contribution is 0.281. The van der Waals surface area contributed by atoms with Crippen molar-refractivity contribution in [1.29, 1.82) is 0 Å². The minimum Gasteiger partial charge on any atom is -0.299 e. The lowest BCUT2D eigenvalue weighted by Gasteiger charge is -2.30. The van der Waals surface area contributed by atoms with Gasteiger partial charge in [0.1, 0.15) is 0 Å². The van der Waals surface area contributed by atoms with Crippen LogP contribution in [0.5, 0.6) is 0 Å². The van der Waals surface area contributed by atoms with Crippen LogP contribution in [0.2, 0.25) is 0 Å². The van der Waals surface area contributed by atoms with Gasteiger partial charge in [-0.15, -0.1) is 0 Å². The van der Waals surface area contributed by atoms with Crippen LogP contribution < -0.4 is 4.87 Å². The van der Waals surface area contributed by atoms with E-state index < -0.39 is 10.0 Å². The van der Waals surface area contributed by atoms with E-state index in [1.807, 2.05) is 6.92 Å². The SMILES string of the molecule is CCCn1c(=O)sc2cc(S(=O)(=O)N3CCC[C@H](C)C3)ccc21. The van der Waals surface area contributed by atoms with Crippen molar-refractivity contribution in [3.8, 4) is 0 Å². The maximum absolute atomic E-state index is 12.8. The van der Waals surface area contributed by atoms with Gasteiger partial charge in [0.2, 0.25) is 10.0 Å². The minimum atomic E-state index is -3.47. The maximum atomic E-state index is 12.8. The molecule has 0 N–H and O–H groups in total. The van der Waals surface area contributed by atoms with E-state index in [2.05, 4.69) is 6.92 Å². The summed E-state index contributed by atoms with van der Waals surface area (Å²) < 4.78 is 29.7. The van der Waals surface area contributed by atoms with Gasteiger partial charge in [0.15, 0.2) is 0 Å². The minimum absolute atomic E-state index is 0.0250. The van der Waals surface area contributed by atoms with Gasteiger partial charge in [-0.05, 0) is 43.4 Å². The normalized spacial score (nSPS) is 20.2. The van der Waals surface area contributed by atoms with Crippen molar-refractivity contribution in [3.05, 3.63) is 27.9 Å². The first-order valence-electron chi connectivity index (χ1n) is 8.07. The van der Waals surface area contributed by atoms with Crippen molar-refractivity contribution in [3.63, 3.8) is 0 Å². The number of fused-ring (bicyclic) bond motifs is 1. The smallest absolute Gasteiger partial charge is 0.299 e. The van der Waals surface area contributed by atoms with E-state index in [0.29, 0.717) is 30.4 Å². The second kappa shape index (κ2) is 6.37. The molecule has 0 bridgehead atoms. The standard InChI is InChI=1S/C16H22N2O3S2/c1-3-8-18-14-7-6-13(10-15(14)22-16(18)19)23(20,21)17-9-4-5-12(2)11-17/h6-7,10,12H,3-5,8-9,11H2,1-2H3/t12-/m0/s1. The Morgan fingerprint density at radius 1 is 1.35 bits per heavy atom. The quantitative estimate of drug-likeness (QED) is 0.848. The van der Waals surface area contributed by atoms with E-state index in [9.17, 15) is 13.2 Å². The van der Waals surface area contributed by atoms with Gasteiger partial charge in [0, 0.05) is 19.6 Å². The molecule has 1 saturated heterocycles. The zero-order chi connectivity index (χ0) is 16.6. The zero-order valence-corrected chi connectivity index (χ0v) is 15.1. The predicted molar refractivity (Wildman–Crippen MR) is 93.5 cm³/mol. The van der Waals surface area contributed by atoms with Crippen molar-refractivity contribution < 1.29 is 8.42 Å². The molecule has 2 heterocycles. The fourth-order valence-corrected chi connectivity index (χ4v) is 5.81. The van der Waals surface area contributed by atoms with Crippen molar-refractivity contribution in [1.82, 2.24) is 8.87 Å². The molecule has 126 valence electrons. The van der Waals surface area contributed by atoms with Crippen LogP contribution >= 0.6 is 11.3 Å². The number of aryl methyl sites for hydroxylation is 1. The van der Waals surface area contributed by atoms with Crippen LogP contribution in [0.3, 0.4) is 0 Å². The Bertz CT molecular complexity index is 867. The molecule has 0 saturated carbocycles. The molecule has 0 unspecified atom stereocenters. The molecule has 1 aliphatic rings. The molecule has 1 aliphatic heterocycles. The molecule has 3 rings (SSSR count). The van der Waals surface area contributed by atoms with Gasteiger partial charge < -0.3 is 0 Å². The molecule has 5 nitrogen and oxygen atoms in total. The molecular weight excluding hydrogens is 332 g/mol. The van der Waals surface area contributed by atoms with Crippen LogP contribution in [-0.2, 0) is 16.6 Å². The van der Waals surface area contributed by atoms with Gasteiger partial charge in [0.25, 0.3) is 0 Å². The largest absolute Gasteiger partial charge is 0.308 e. The third kappa shape index (κ3) is 3.09. The number of hydrogen-bond acceptors (Lipinski definition) is 4. The Hall–Kier alpha value is -1.18. The summed E-state index contributed by atoms with van der Waals surface area (Å²) in [4.78, 5) is 12.3. The third-order valence-corrected chi connectivity index (χ3v) is 7.15. The highest BCUT2D eigenvalue weighted by Crippen LogP contribution is 2.27. The Kier molecular flexibility index (Phi) is 4.62. The summed E-state index contributed by atoms with van der Waals surface area (Å²) >= 11 is 1.12. The van der Waals surface area contributed by atoms with Crippen molar-refractivity contribution in [2.45, 2.75) is 44.6 Å². The van der Waals surface area contributed by atoms with Crippen LogP contribution in [-0.4, -0.2) is 30.4 Å². The number of rotatable bonds is 4. The summed E-state index contributed by atoms with van der Waals surface area (Å²) in [5.74, 6) is 0.393. The fraction of sp³-hybridized carbons (Fsp3) is 0.562. The highest BCUT2D eigenvalue weighted by Gasteiger charge is 2.29. The summed E-state index contributed by atoms with van der Waals surface area (Å²) in [5, 5.41) is 0. The van der Waals surface area contributed by atoms with E-state index in [1.165, 1.54) is 0 Å². The van der Waals surface area contributed by atoms with Crippen molar-refractivity contribution in [2.75, 3.05) is 13.1 Å². The Morgan fingerprint density at radius 2 is 2.13 bits per heavy atom. The molecule has 1 fully saturated rings. The number of hydrogen-bond donors (Lipinski definition) is 0. The summed E-state index contributed by atoms with van der Waals surface area (Å²) in [5.41, 5.74) is 0.827. The van der Waals surface area contributed by atoms with Gasteiger partial charge in [-0.25, -0.2) is 8.42 Å². The third-order valence-electron chi connectivity index (χ3n) is 4.34. The van der Waals surface area contributed by atoms with Crippen molar-refractivity contribution >= 4 is 31.6 Å². The summed E-state index contributed by atoms with van der Waals surface area (Å²) in [6.07, 6.45) is 2.85. The van der Waals surface area contributed by atoms with Crippen LogP contribution in [0.25, 0.3) is 10.2 Å².